The lowest BCUT2D eigenvalue weighted by atomic mass is 10.1. The number of aromatic amines is 1. The molecule has 0 aliphatic carbocycles. The topological polar surface area (TPSA) is 101 Å². The van der Waals surface area contributed by atoms with E-state index >= 15 is 0 Å². The Labute approximate surface area is 132 Å². The van der Waals surface area contributed by atoms with Crippen LogP contribution in [0.25, 0.3) is 10.9 Å². The number of benzene rings is 1. The summed E-state index contributed by atoms with van der Waals surface area (Å²) in [6.45, 7) is 6.05. The first-order valence-electron chi connectivity index (χ1n) is 7.11. The summed E-state index contributed by atoms with van der Waals surface area (Å²) in [7, 11) is 0. The molecule has 2 aromatic rings. The minimum Gasteiger partial charge on any atom is -0.506 e. The fraction of sp³-hybridized carbons (Fsp3) is 0.250. The molecule has 7 nitrogen and oxygen atoms in total. The van der Waals surface area contributed by atoms with Crippen LogP contribution in [0, 0.1) is 0 Å². The van der Waals surface area contributed by atoms with E-state index in [0.29, 0.717) is 23.0 Å². The van der Waals surface area contributed by atoms with E-state index in [2.05, 4.69) is 21.6 Å². The van der Waals surface area contributed by atoms with E-state index in [1.807, 2.05) is 0 Å². The number of aromatic hydroxyl groups is 1. The molecule has 0 aliphatic rings. The van der Waals surface area contributed by atoms with Gasteiger partial charge in [-0.15, -0.1) is 6.58 Å². The molecule has 122 valence electrons. The number of H-pyrrole nitrogens is 1. The van der Waals surface area contributed by atoms with Gasteiger partial charge in [0.05, 0.1) is 18.7 Å². The molecule has 0 bridgehead atoms. The lowest BCUT2D eigenvalue weighted by Gasteiger charge is -2.04. The van der Waals surface area contributed by atoms with Crippen LogP contribution in [0.2, 0.25) is 0 Å². The molecule has 1 heterocycles. The summed E-state index contributed by atoms with van der Waals surface area (Å²) in [6, 6.07) is 4.41. The number of hydrogen-bond acceptors (Lipinski definition) is 6. The van der Waals surface area contributed by atoms with Gasteiger partial charge in [-0.25, -0.2) is 4.79 Å². The number of phenols is 1. The van der Waals surface area contributed by atoms with E-state index in [0.717, 1.165) is 0 Å². The Kier molecular flexibility index (Phi) is 5.37. The van der Waals surface area contributed by atoms with E-state index in [4.69, 9.17) is 4.74 Å². The number of aromatic nitrogens is 1. The monoisotopic (exact) mass is 318 g/mol. The SMILES string of the molecule is C=CCNCC(=O)c1ccc(O)c2[nH]c(OC(=O)OCC)cc12. The molecule has 0 aliphatic heterocycles. The molecular formula is C16H18N2O5. The Balaban J connectivity index is 2.30. The summed E-state index contributed by atoms with van der Waals surface area (Å²) < 4.78 is 9.65. The van der Waals surface area contributed by atoms with E-state index in [1.54, 1.807) is 13.0 Å². The van der Waals surface area contributed by atoms with Crippen LogP contribution in [-0.2, 0) is 4.74 Å². The standard InChI is InChI=1S/C16H18N2O5/c1-3-7-17-9-13(20)10-5-6-12(19)15-11(10)8-14(18-15)23-16(21)22-4-2/h3,5-6,8,17-19H,1,4,7,9H2,2H3. The van der Waals surface area contributed by atoms with Crippen LogP contribution < -0.4 is 10.1 Å². The zero-order chi connectivity index (χ0) is 16.8. The second-order valence-corrected chi connectivity index (χ2v) is 4.68. The molecule has 0 amide bonds. The van der Waals surface area contributed by atoms with Crippen molar-refractivity contribution in [3.63, 3.8) is 0 Å². The Bertz CT molecular complexity index is 735. The molecule has 7 heteroatoms. The van der Waals surface area contributed by atoms with Gasteiger partial charge < -0.3 is 24.9 Å². The van der Waals surface area contributed by atoms with Crippen molar-refractivity contribution in [2.24, 2.45) is 0 Å². The number of hydrogen-bond donors (Lipinski definition) is 3. The summed E-state index contributed by atoms with van der Waals surface area (Å²) >= 11 is 0. The maximum Gasteiger partial charge on any atom is 0.515 e. The van der Waals surface area contributed by atoms with Gasteiger partial charge >= 0.3 is 6.16 Å². The Morgan fingerprint density at radius 3 is 2.91 bits per heavy atom. The highest BCUT2D eigenvalue weighted by molar-refractivity contribution is 6.10. The van der Waals surface area contributed by atoms with Crippen LogP contribution in [0.1, 0.15) is 17.3 Å². The van der Waals surface area contributed by atoms with Gasteiger partial charge in [0.15, 0.2) is 5.78 Å². The molecular weight excluding hydrogens is 300 g/mol. The van der Waals surface area contributed by atoms with Crippen molar-refractivity contribution < 1.29 is 24.2 Å². The van der Waals surface area contributed by atoms with Gasteiger partial charge in [-0.2, -0.15) is 0 Å². The van der Waals surface area contributed by atoms with Crippen LogP contribution in [0.3, 0.4) is 0 Å². The van der Waals surface area contributed by atoms with E-state index < -0.39 is 6.16 Å². The largest absolute Gasteiger partial charge is 0.515 e. The molecule has 1 aromatic carbocycles. The fourth-order valence-electron chi connectivity index (χ4n) is 2.10. The highest BCUT2D eigenvalue weighted by Gasteiger charge is 2.16. The number of carbonyl (C=O) groups is 2. The van der Waals surface area contributed by atoms with Crippen LogP contribution in [0.15, 0.2) is 30.9 Å². The number of rotatable bonds is 7. The summed E-state index contributed by atoms with van der Waals surface area (Å²) in [6.07, 6.45) is 0.792. The van der Waals surface area contributed by atoms with E-state index in [1.165, 1.54) is 18.2 Å². The maximum atomic E-state index is 12.3. The number of phenolic OH excluding ortho intramolecular Hbond substituents is 1. The summed E-state index contributed by atoms with van der Waals surface area (Å²) in [5.41, 5.74) is 0.725. The highest BCUT2D eigenvalue weighted by Crippen LogP contribution is 2.31. The molecule has 0 radical (unpaired) electrons. The van der Waals surface area contributed by atoms with Gasteiger partial charge in [-0.1, -0.05) is 6.08 Å². The van der Waals surface area contributed by atoms with Gasteiger partial charge in [0.2, 0.25) is 5.88 Å². The average Bonchev–Trinajstić information content (AvgIpc) is 2.92. The van der Waals surface area contributed by atoms with Gasteiger partial charge in [-0.05, 0) is 19.1 Å². The molecule has 0 fully saturated rings. The molecule has 0 atom stereocenters. The number of ether oxygens (including phenoxy) is 2. The first-order chi connectivity index (χ1) is 11.1. The molecule has 0 unspecified atom stereocenters. The fourth-order valence-corrected chi connectivity index (χ4v) is 2.10. The van der Waals surface area contributed by atoms with Gasteiger partial charge in [-0.3, -0.25) is 4.79 Å². The molecule has 0 saturated carbocycles. The Morgan fingerprint density at radius 1 is 1.43 bits per heavy atom. The second kappa shape index (κ2) is 7.46. The minimum absolute atomic E-state index is 0.0469. The second-order valence-electron chi connectivity index (χ2n) is 4.68. The Hall–Kier alpha value is -2.80. The number of Topliss-reactive ketones (excluding diaryl/α,β-unsaturated/α-hetero) is 1. The van der Waals surface area contributed by atoms with Crippen LogP contribution in [-0.4, -0.2) is 41.7 Å². The van der Waals surface area contributed by atoms with Gasteiger partial charge in [0.25, 0.3) is 0 Å². The predicted octanol–water partition coefficient (Wildman–Crippen LogP) is 2.37. The molecule has 2 rings (SSSR count). The summed E-state index contributed by atoms with van der Waals surface area (Å²) in [5.74, 6) is -0.110. The first kappa shape index (κ1) is 16.6. The van der Waals surface area contributed by atoms with Crippen molar-refractivity contribution in [2.75, 3.05) is 19.7 Å². The van der Waals surface area contributed by atoms with Crippen molar-refractivity contribution >= 4 is 22.8 Å². The van der Waals surface area contributed by atoms with Crippen molar-refractivity contribution in [1.82, 2.24) is 10.3 Å². The van der Waals surface area contributed by atoms with Crippen LogP contribution in [0.5, 0.6) is 11.6 Å². The van der Waals surface area contributed by atoms with Gasteiger partial charge in [0.1, 0.15) is 5.75 Å². The smallest absolute Gasteiger partial charge is 0.506 e. The Morgan fingerprint density at radius 2 is 2.22 bits per heavy atom. The van der Waals surface area contributed by atoms with Crippen molar-refractivity contribution in [3.05, 3.63) is 36.4 Å². The van der Waals surface area contributed by atoms with Crippen LogP contribution >= 0.6 is 0 Å². The summed E-state index contributed by atoms with van der Waals surface area (Å²) in [4.78, 5) is 26.4. The predicted molar refractivity (Wildman–Crippen MR) is 85.0 cm³/mol. The number of ketones is 1. The first-order valence-corrected chi connectivity index (χ1v) is 7.11. The highest BCUT2D eigenvalue weighted by atomic mass is 16.7. The third-order valence-electron chi connectivity index (χ3n) is 3.08. The molecule has 23 heavy (non-hydrogen) atoms. The zero-order valence-corrected chi connectivity index (χ0v) is 12.7. The normalized spacial score (nSPS) is 10.5. The van der Waals surface area contributed by atoms with Gasteiger partial charge in [0, 0.05) is 23.6 Å². The summed E-state index contributed by atoms with van der Waals surface area (Å²) in [5, 5.41) is 13.3. The molecule has 0 saturated heterocycles. The number of fused-ring (bicyclic) bond motifs is 1. The van der Waals surface area contributed by atoms with Crippen molar-refractivity contribution in [3.8, 4) is 11.6 Å². The van der Waals surface area contributed by atoms with Crippen molar-refractivity contribution in [2.45, 2.75) is 6.92 Å². The number of carbonyl (C=O) groups excluding carboxylic acids is 2. The van der Waals surface area contributed by atoms with Crippen molar-refractivity contribution in [1.29, 1.82) is 0 Å². The number of nitrogens with one attached hydrogen (secondary N) is 2. The minimum atomic E-state index is -0.862. The third-order valence-corrected chi connectivity index (χ3v) is 3.08. The zero-order valence-electron chi connectivity index (χ0n) is 12.7. The quantitative estimate of drug-likeness (QED) is 0.314. The third kappa shape index (κ3) is 3.89. The lowest BCUT2D eigenvalue weighted by Crippen LogP contribution is -2.23. The lowest BCUT2D eigenvalue weighted by molar-refractivity contribution is 0.0992. The maximum absolute atomic E-state index is 12.3. The molecule has 1 aromatic heterocycles. The van der Waals surface area contributed by atoms with E-state index in [-0.39, 0.29) is 30.6 Å². The molecule has 0 spiro atoms. The van der Waals surface area contributed by atoms with E-state index in [9.17, 15) is 14.7 Å². The van der Waals surface area contributed by atoms with Crippen LogP contribution in [0.4, 0.5) is 4.79 Å². The average molecular weight is 318 g/mol. The molecule has 3 N–H and O–H groups in total.